The van der Waals surface area contributed by atoms with Crippen LogP contribution in [0.15, 0.2) is 4.99 Å². The van der Waals surface area contributed by atoms with Gasteiger partial charge >= 0.3 is 0 Å². The number of nitrogens with zero attached hydrogens (tertiary/aromatic N) is 2. The van der Waals surface area contributed by atoms with Crippen molar-refractivity contribution in [3.8, 4) is 0 Å². The highest BCUT2D eigenvalue weighted by atomic mass is 32.2. The molecule has 0 aliphatic heterocycles. The van der Waals surface area contributed by atoms with Crippen LogP contribution in [0.2, 0.25) is 0 Å². The number of aliphatic imine (C=N–C) groups is 1. The van der Waals surface area contributed by atoms with Crippen molar-refractivity contribution < 1.29 is 4.79 Å². The molecule has 0 aromatic heterocycles. The number of thioether (sulfide) groups is 1. The summed E-state index contributed by atoms with van der Waals surface area (Å²) in [6.07, 6.45) is 7.06. The highest BCUT2D eigenvalue weighted by Gasteiger charge is 2.19. The largest absolute Gasteiger partial charge is 0.356 e. The summed E-state index contributed by atoms with van der Waals surface area (Å²) in [5.74, 6) is 2.60. The lowest BCUT2D eigenvalue weighted by Gasteiger charge is -2.29. The Kier molecular flexibility index (Phi) is 8.57. The summed E-state index contributed by atoms with van der Waals surface area (Å²) in [6, 6.07) is 0.476. The van der Waals surface area contributed by atoms with Crippen molar-refractivity contribution in [2.75, 3.05) is 39.2 Å². The van der Waals surface area contributed by atoms with Crippen LogP contribution in [0.4, 0.5) is 0 Å². The summed E-state index contributed by atoms with van der Waals surface area (Å²) in [5.41, 5.74) is 0. The van der Waals surface area contributed by atoms with E-state index in [1.54, 1.807) is 30.8 Å². The minimum Gasteiger partial charge on any atom is -0.356 e. The van der Waals surface area contributed by atoms with Crippen molar-refractivity contribution in [3.63, 3.8) is 0 Å². The van der Waals surface area contributed by atoms with Gasteiger partial charge in [0.05, 0.1) is 0 Å². The van der Waals surface area contributed by atoms with E-state index in [4.69, 9.17) is 0 Å². The lowest BCUT2D eigenvalue weighted by molar-refractivity contribution is -0.127. The van der Waals surface area contributed by atoms with Gasteiger partial charge in [0.25, 0.3) is 0 Å². The molecule has 0 aromatic carbocycles. The quantitative estimate of drug-likeness (QED) is 0.444. The molecule has 2 atom stereocenters. The zero-order valence-electron chi connectivity index (χ0n) is 13.8. The van der Waals surface area contributed by atoms with E-state index in [0.717, 1.165) is 24.2 Å². The van der Waals surface area contributed by atoms with E-state index in [1.165, 1.54) is 25.7 Å². The molecule has 1 saturated carbocycles. The number of carbonyl (C=O) groups is 1. The van der Waals surface area contributed by atoms with E-state index in [-0.39, 0.29) is 12.5 Å². The second-order valence-electron chi connectivity index (χ2n) is 5.99. The molecule has 1 fully saturated rings. The molecule has 0 radical (unpaired) electrons. The first-order valence-electron chi connectivity index (χ1n) is 7.77. The lowest BCUT2D eigenvalue weighted by Crippen LogP contribution is -2.46. The maximum absolute atomic E-state index is 11.7. The van der Waals surface area contributed by atoms with E-state index < -0.39 is 0 Å². The molecule has 0 spiro atoms. The first-order chi connectivity index (χ1) is 10.0. The average molecular weight is 314 g/mol. The third-order valence-electron chi connectivity index (χ3n) is 3.75. The molecule has 122 valence electrons. The lowest BCUT2D eigenvalue weighted by atomic mass is 9.87. The molecule has 6 heteroatoms. The van der Waals surface area contributed by atoms with Gasteiger partial charge in [0.15, 0.2) is 5.96 Å². The van der Waals surface area contributed by atoms with Gasteiger partial charge in [-0.15, -0.1) is 0 Å². The number of rotatable bonds is 6. The van der Waals surface area contributed by atoms with E-state index >= 15 is 0 Å². The van der Waals surface area contributed by atoms with Gasteiger partial charge in [-0.05, 0) is 25.0 Å². The summed E-state index contributed by atoms with van der Waals surface area (Å²) < 4.78 is 0. The molecule has 0 aromatic rings. The van der Waals surface area contributed by atoms with Crippen LogP contribution < -0.4 is 10.6 Å². The summed E-state index contributed by atoms with van der Waals surface area (Å²) in [4.78, 5) is 17.7. The number of carbonyl (C=O) groups excluding carboxylic acids is 1. The van der Waals surface area contributed by atoms with Crippen LogP contribution in [-0.2, 0) is 4.79 Å². The Morgan fingerprint density at radius 2 is 2.14 bits per heavy atom. The fraction of sp³-hybridized carbons (Fsp3) is 0.867. The van der Waals surface area contributed by atoms with Crippen molar-refractivity contribution in [1.29, 1.82) is 0 Å². The standard InChI is InChI=1S/C15H30N4OS/c1-12-6-5-7-13(10-12)18-15(16-8-9-21-4)17-11-14(20)19(2)3/h12-13H,5-11H2,1-4H3,(H2,16,17,18). The van der Waals surface area contributed by atoms with Crippen molar-refractivity contribution in [1.82, 2.24) is 15.5 Å². The van der Waals surface area contributed by atoms with Gasteiger partial charge in [0.2, 0.25) is 5.91 Å². The van der Waals surface area contributed by atoms with Crippen LogP contribution in [0.3, 0.4) is 0 Å². The Morgan fingerprint density at radius 1 is 1.38 bits per heavy atom. The maximum Gasteiger partial charge on any atom is 0.243 e. The van der Waals surface area contributed by atoms with E-state index in [9.17, 15) is 4.79 Å². The number of likely N-dealkylation sites (N-methyl/N-ethyl adjacent to an activating group) is 1. The first kappa shape index (κ1) is 18.1. The van der Waals surface area contributed by atoms with Crippen molar-refractivity contribution in [3.05, 3.63) is 0 Å². The molecule has 1 rings (SSSR count). The molecule has 1 aliphatic rings. The zero-order chi connectivity index (χ0) is 15.7. The number of hydrogen-bond acceptors (Lipinski definition) is 3. The molecule has 21 heavy (non-hydrogen) atoms. The molecule has 1 aliphatic carbocycles. The molecule has 2 unspecified atom stereocenters. The van der Waals surface area contributed by atoms with Gasteiger partial charge in [-0.3, -0.25) is 4.79 Å². The average Bonchev–Trinajstić information content (AvgIpc) is 2.44. The van der Waals surface area contributed by atoms with Crippen molar-refractivity contribution in [2.45, 2.75) is 38.6 Å². The predicted molar refractivity (Wildman–Crippen MR) is 91.9 cm³/mol. The van der Waals surface area contributed by atoms with Crippen LogP contribution in [0.25, 0.3) is 0 Å². The molecule has 5 nitrogen and oxygen atoms in total. The molecule has 0 saturated heterocycles. The Labute approximate surface area is 133 Å². The monoisotopic (exact) mass is 314 g/mol. The topological polar surface area (TPSA) is 56.7 Å². The number of amides is 1. The third kappa shape index (κ3) is 7.60. The second-order valence-corrected chi connectivity index (χ2v) is 6.97. The summed E-state index contributed by atoms with van der Waals surface area (Å²) in [5, 5.41) is 6.82. The zero-order valence-corrected chi connectivity index (χ0v) is 14.6. The van der Waals surface area contributed by atoms with Gasteiger partial charge < -0.3 is 15.5 Å². The Balaban J connectivity index is 2.53. The van der Waals surface area contributed by atoms with Crippen LogP contribution in [0.5, 0.6) is 0 Å². The minimum absolute atomic E-state index is 0.0259. The van der Waals surface area contributed by atoms with Gasteiger partial charge in [0, 0.05) is 32.4 Å². The van der Waals surface area contributed by atoms with Crippen LogP contribution in [0, 0.1) is 5.92 Å². The number of nitrogens with one attached hydrogen (secondary N) is 2. The van der Waals surface area contributed by atoms with Crippen LogP contribution >= 0.6 is 11.8 Å². The molecule has 1 amide bonds. The normalized spacial score (nSPS) is 22.8. The summed E-state index contributed by atoms with van der Waals surface area (Å²) in [7, 11) is 3.52. The summed E-state index contributed by atoms with van der Waals surface area (Å²) in [6.45, 7) is 3.37. The Morgan fingerprint density at radius 3 is 2.76 bits per heavy atom. The van der Waals surface area contributed by atoms with Crippen molar-refractivity contribution >= 4 is 23.6 Å². The van der Waals surface area contributed by atoms with E-state index in [2.05, 4.69) is 28.8 Å². The van der Waals surface area contributed by atoms with E-state index in [1.807, 2.05) is 0 Å². The van der Waals surface area contributed by atoms with Gasteiger partial charge in [-0.2, -0.15) is 11.8 Å². The van der Waals surface area contributed by atoms with Crippen molar-refractivity contribution in [2.24, 2.45) is 10.9 Å². The second kappa shape index (κ2) is 9.92. The predicted octanol–water partition coefficient (Wildman–Crippen LogP) is 1.55. The minimum atomic E-state index is 0.0259. The third-order valence-corrected chi connectivity index (χ3v) is 4.36. The van der Waals surface area contributed by atoms with Gasteiger partial charge in [-0.1, -0.05) is 19.8 Å². The Hall–Kier alpha value is -0.910. The summed E-state index contributed by atoms with van der Waals surface area (Å²) >= 11 is 1.80. The number of guanidine groups is 1. The smallest absolute Gasteiger partial charge is 0.243 e. The van der Waals surface area contributed by atoms with E-state index in [0.29, 0.717) is 6.04 Å². The maximum atomic E-state index is 11.7. The SMILES string of the molecule is CSCCNC(=NCC(=O)N(C)C)NC1CCCC(C)C1. The van der Waals surface area contributed by atoms with Crippen LogP contribution in [0.1, 0.15) is 32.6 Å². The number of hydrogen-bond donors (Lipinski definition) is 2. The molecule has 0 heterocycles. The highest BCUT2D eigenvalue weighted by molar-refractivity contribution is 7.98. The first-order valence-corrected chi connectivity index (χ1v) is 9.16. The highest BCUT2D eigenvalue weighted by Crippen LogP contribution is 2.23. The van der Waals surface area contributed by atoms with Gasteiger partial charge in [-0.25, -0.2) is 4.99 Å². The fourth-order valence-corrected chi connectivity index (χ4v) is 2.78. The molecular weight excluding hydrogens is 284 g/mol. The molecular formula is C15H30N4OS. The molecule has 0 bridgehead atoms. The van der Waals surface area contributed by atoms with Crippen LogP contribution in [-0.4, -0.2) is 62.0 Å². The molecule has 2 N–H and O–H groups in total. The van der Waals surface area contributed by atoms with Gasteiger partial charge in [0.1, 0.15) is 6.54 Å². The Bertz CT molecular complexity index is 347. The fourth-order valence-electron chi connectivity index (χ4n) is 2.47.